The third kappa shape index (κ3) is 4.72. The first-order valence-electron chi connectivity index (χ1n) is 9.28. The van der Waals surface area contributed by atoms with E-state index >= 15 is 0 Å². The minimum Gasteiger partial charge on any atom is -0.374 e. The maximum absolute atomic E-state index is 12.9. The number of nitrogens with one attached hydrogen (secondary N) is 1. The van der Waals surface area contributed by atoms with E-state index in [1.807, 2.05) is 76.2 Å². The number of benzene rings is 2. The Morgan fingerprint density at radius 3 is 2.56 bits per heavy atom. The van der Waals surface area contributed by atoms with Gasteiger partial charge in [-0.3, -0.25) is 9.78 Å². The van der Waals surface area contributed by atoms with Crippen molar-refractivity contribution < 1.29 is 9.53 Å². The lowest BCUT2D eigenvalue weighted by molar-refractivity contribution is 0.0651. The van der Waals surface area contributed by atoms with Gasteiger partial charge in [0, 0.05) is 17.6 Å². The number of aromatic nitrogens is 1. The summed E-state index contributed by atoms with van der Waals surface area (Å²) < 4.78 is 5.73. The number of pyridine rings is 1. The summed E-state index contributed by atoms with van der Waals surface area (Å²) in [7, 11) is 0. The standard InChI is InChI=1S/C23H26N2O2/c1-15(2)27-14-19-8-6-5-7-18(19)13-24-23(26)21-12-17(4)25-22-10-9-16(3)11-20(21)22/h5-12,15H,13-14H2,1-4H3,(H,24,26). The molecule has 3 aromatic rings. The molecule has 0 saturated heterocycles. The summed E-state index contributed by atoms with van der Waals surface area (Å²) in [5.74, 6) is -0.0873. The van der Waals surface area contributed by atoms with Crippen molar-refractivity contribution in [2.75, 3.05) is 0 Å². The average molecular weight is 362 g/mol. The summed E-state index contributed by atoms with van der Waals surface area (Å²) in [4.78, 5) is 17.4. The number of amides is 1. The van der Waals surface area contributed by atoms with Gasteiger partial charge in [-0.25, -0.2) is 0 Å². The summed E-state index contributed by atoms with van der Waals surface area (Å²) in [6.45, 7) is 8.97. The molecule has 4 nitrogen and oxygen atoms in total. The number of hydrogen-bond acceptors (Lipinski definition) is 3. The molecule has 3 rings (SSSR count). The Hall–Kier alpha value is -2.72. The number of fused-ring (bicyclic) bond motifs is 1. The molecule has 4 heteroatoms. The van der Waals surface area contributed by atoms with Crippen LogP contribution in [0.15, 0.2) is 48.5 Å². The van der Waals surface area contributed by atoms with Crippen LogP contribution in [0.5, 0.6) is 0 Å². The van der Waals surface area contributed by atoms with Crippen molar-refractivity contribution in [3.05, 3.63) is 76.5 Å². The summed E-state index contributed by atoms with van der Waals surface area (Å²) in [5, 5.41) is 3.94. The quantitative estimate of drug-likeness (QED) is 0.691. The molecule has 0 atom stereocenters. The van der Waals surface area contributed by atoms with Crippen LogP contribution >= 0.6 is 0 Å². The fraction of sp³-hybridized carbons (Fsp3) is 0.304. The van der Waals surface area contributed by atoms with E-state index in [-0.39, 0.29) is 12.0 Å². The van der Waals surface area contributed by atoms with E-state index in [4.69, 9.17) is 4.74 Å². The summed E-state index contributed by atoms with van der Waals surface area (Å²) in [6.07, 6.45) is 0.169. The predicted molar refractivity (Wildman–Crippen MR) is 109 cm³/mol. The van der Waals surface area contributed by atoms with Gasteiger partial charge in [0.25, 0.3) is 5.91 Å². The fourth-order valence-electron chi connectivity index (χ4n) is 3.06. The number of aryl methyl sites for hydroxylation is 2. The molecule has 1 aromatic heterocycles. The second-order valence-electron chi connectivity index (χ2n) is 7.14. The molecule has 0 aliphatic heterocycles. The van der Waals surface area contributed by atoms with E-state index in [9.17, 15) is 4.79 Å². The zero-order valence-corrected chi connectivity index (χ0v) is 16.4. The SMILES string of the molecule is Cc1ccc2nc(C)cc(C(=O)NCc3ccccc3COC(C)C)c2c1. The van der Waals surface area contributed by atoms with Crippen molar-refractivity contribution in [1.82, 2.24) is 10.3 Å². The molecule has 0 aliphatic carbocycles. The van der Waals surface area contributed by atoms with Crippen LogP contribution in [0.3, 0.4) is 0 Å². The molecule has 0 fully saturated rings. The Morgan fingerprint density at radius 1 is 1.07 bits per heavy atom. The molecule has 27 heavy (non-hydrogen) atoms. The maximum atomic E-state index is 12.9. The lowest BCUT2D eigenvalue weighted by Gasteiger charge is -2.14. The first-order chi connectivity index (χ1) is 12.9. The topological polar surface area (TPSA) is 51.2 Å². The van der Waals surface area contributed by atoms with Crippen molar-refractivity contribution in [2.45, 2.75) is 47.0 Å². The minimum atomic E-state index is -0.0873. The molecular formula is C23H26N2O2. The number of ether oxygens (including phenoxy) is 1. The van der Waals surface area contributed by atoms with Gasteiger partial charge in [-0.2, -0.15) is 0 Å². The van der Waals surface area contributed by atoms with Crippen molar-refractivity contribution in [3.8, 4) is 0 Å². The Morgan fingerprint density at radius 2 is 1.81 bits per heavy atom. The van der Waals surface area contributed by atoms with Crippen LogP contribution in [0.1, 0.15) is 46.6 Å². The van der Waals surface area contributed by atoms with Gasteiger partial charge < -0.3 is 10.1 Å². The third-order valence-corrected chi connectivity index (χ3v) is 4.47. The van der Waals surface area contributed by atoms with Gasteiger partial charge in [0.2, 0.25) is 0 Å². The lowest BCUT2D eigenvalue weighted by Crippen LogP contribution is -2.24. The predicted octanol–water partition coefficient (Wildman–Crippen LogP) is 4.71. The van der Waals surface area contributed by atoms with Gasteiger partial charge in [-0.15, -0.1) is 0 Å². The highest BCUT2D eigenvalue weighted by atomic mass is 16.5. The second kappa shape index (κ2) is 8.31. The zero-order chi connectivity index (χ0) is 19.4. The minimum absolute atomic E-state index is 0.0873. The molecule has 0 aliphatic rings. The van der Waals surface area contributed by atoms with Crippen LogP contribution in [0.25, 0.3) is 10.9 Å². The number of rotatable bonds is 6. The number of carbonyl (C=O) groups is 1. The van der Waals surface area contributed by atoms with Crippen molar-refractivity contribution in [1.29, 1.82) is 0 Å². The highest BCUT2D eigenvalue weighted by Gasteiger charge is 2.13. The van der Waals surface area contributed by atoms with Crippen LogP contribution in [0.2, 0.25) is 0 Å². The summed E-state index contributed by atoms with van der Waals surface area (Å²) in [5.41, 5.74) is 5.62. The van der Waals surface area contributed by atoms with Crippen LogP contribution in [-0.2, 0) is 17.9 Å². The Labute approximate surface area is 160 Å². The molecule has 0 bridgehead atoms. The molecule has 0 spiro atoms. The molecule has 1 N–H and O–H groups in total. The van der Waals surface area contributed by atoms with Crippen molar-refractivity contribution >= 4 is 16.8 Å². The molecule has 0 unspecified atom stereocenters. The number of nitrogens with zero attached hydrogens (tertiary/aromatic N) is 1. The Balaban J connectivity index is 1.81. The summed E-state index contributed by atoms with van der Waals surface area (Å²) >= 11 is 0. The van der Waals surface area contributed by atoms with Gasteiger partial charge in [-0.05, 0) is 57.0 Å². The molecular weight excluding hydrogens is 336 g/mol. The van der Waals surface area contributed by atoms with E-state index < -0.39 is 0 Å². The summed E-state index contributed by atoms with van der Waals surface area (Å²) in [6, 6.07) is 15.9. The average Bonchev–Trinajstić information content (AvgIpc) is 2.64. The number of hydrogen-bond donors (Lipinski definition) is 1. The Kier molecular flexibility index (Phi) is 5.87. The number of carbonyl (C=O) groups excluding carboxylic acids is 1. The third-order valence-electron chi connectivity index (χ3n) is 4.47. The molecule has 2 aromatic carbocycles. The Bertz CT molecular complexity index is 964. The molecule has 1 heterocycles. The van der Waals surface area contributed by atoms with E-state index in [2.05, 4.69) is 10.3 Å². The zero-order valence-electron chi connectivity index (χ0n) is 16.4. The van der Waals surface area contributed by atoms with Gasteiger partial charge in [0.1, 0.15) is 0 Å². The van der Waals surface area contributed by atoms with E-state index in [1.165, 1.54) is 0 Å². The normalized spacial score (nSPS) is 11.1. The van der Waals surface area contributed by atoms with Gasteiger partial charge >= 0.3 is 0 Å². The maximum Gasteiger partial charge on any atom is 0.252 e. The van der Waals surface area contributed by atoms with E-state index in [0.29, 0.717) is 18.7 Å². The molecule has 0 saturated carbocycles. The van der Waals surface area contributed by atoms with Crippen LogP contribution < -0.4 is 5.32 Å². The first-order valence-corrected chi connectivity index (χ1v) is 9.28. The van der Waals surface area contributed by atoms with Gasteiger partial charge in [-0.1, -0.05) is 35.9 Å². The van der Waals surface area contributed by atoms with Crippen LogP contribution in [0.4, 0.5) is 0 Å². The highest BCUT2D eigenvalue weighted by molar-refractivity contribution is 6.06. The highest BCUT2D eigenvalue weighted by Crippen LogP contribution is 2.20. The van der Waals surface area contributed by atoms with Crippen LogP contribution in [0, 0.1) is 13.8 Å². The smallest absolute Gasteiger partial charge is 0.252 e. The molecule has 140 valence electrons. The first kappa shape index (κ1) is 19.1. The second-order valence-corrected chi connectivity index (χ2v) is 7.14. The van der Waals surface area contributed by atoms with E-state index in [1.54, 1.807) is 0 Å². The fourth-order valence-corrected chi connectivity index (χ4v) is 3.06. The van der Waals surface area contributed by atoms with Crippen LogP contribution in [-0.4, -0.2) is 17.0 Å². The van der Waals surface area contributed by atoms with Crippen molar-refractivity contribution in [3.63, 3.8) is 0 Å². The molecule has 0 radical (unpaired) electrons. The lowest BCUT2D eigenvalue weighted by atomic mass is 10.0. The van der Waals surface area contributed by atoms with E-state index in [0.717, 1.165) is 33.3 Å². The van der Waals surface area contributed by atoms with Crippen molar-refractivity contribution in [2.24, 2.45) is 0 Å². The molecule has 1 amide bonds. The monoisotopic (exact) mass is 362 g/mol. The van der Waals surface area contributed by atoms with Gasteiger partial charge in [0.15, 0.2) is 0 Å². The van der Waals surface area contributed by atoms with Gasteiger partial charge in [0.05, 0.1) is 23.8 Å². The largest absolute Gasteiger partial charge is 0.374 e.